The highest BCUT2D eigenvalue weighted by atomic mass is 19.4. The van der Waals surface area contributed by atoms with Gasteiger partial charge in [0, 0.05) is 22.9 Å². The smallest absolute Gasteiger partial charge is 0.296 e. The van der Waals surface area contributed by atoms with Gasteiger partial charge in [-0.15, -0.1) is 0 Å². The van der Waals surface area contributed by atoms with Gasteiger partial charge >= 0.3 is 12.1 Å². The third kappa shape index (κ3) is 3.30. The van der Waals surface area contributed by atoms with Crippen LogP contribution < -0.4 is 0 Å². The zero-order valence-electron chi connectivity index (χ0n) is 17.5. The lowest BCUT2D eigenvalue weighted by Gasteiger charge is -2.20. The standard InChI is InChI=1S/C23H15F6N5/c1-2-16-21(14-6-7-17-15(20(14)24)9-31-33-17)34-11-18(30-10-19(34)32-16)12-4-3-5-13(8-12)22(25,26)23(27,28)29/h3-11H,2H2,1H3,(H,31,33). The first-order valence-corrected chi connectivity index (χ1v) is 10.2. The Morgan fingerprint density at radius 1 is 1.03 bits per heavy atom. The summed E-state index contributed by atoms with van der Waals surface area (Å²) in [6, 6.07) is 7.18. The number of benzene rings is 2. The van der Waals surface area contributed by atoms with Crippen LogP contribution in [0, 0.1) is 5.82 Å². The number of alkyl halides is 5. The number of imidazole rings is 1. The van der Waals surface area contributed by atoms with Crippen molar-refractivity contribution in [3.8, 4) is 22.5 Å². The van der Waals surface area contributed by atoms with Crippen molar-refractivity contribution >= 4 is 16.6 Å². The molecule has 0 aliphatic carbocycles. The number of fused-ring (bicyclic) bond motifs is 2. The first kappa shape index (κ1) is 21.9. The topological polar surface area (TPSA) is 58.9 Å². The SMILES string of the molecule is CCc1nc2cnc(-c3cccc(C(F)(F)C(F)(F)F)c3)cn2c1-c1ccc2[nH]ncc2c1F. The van der Waals surface area contributed by atoms with Gasteiger partial charge in [0.1, 0.15) is 5.82 Å². The molecular weight excluding hydrogens is 460 g/mol. The van der Waals surface area contributed by atoms with Crippen molar-refractivity contribution in [3.05, 3.63) is 72.1 Å². The second-order valence-electron chi connectivity index (χ2n) is 7.67. The monoisotopic (exact) mass is 475 g/mol. The van der Waals surface area contributed by atoms with Gasteiger partial charge in [-0.25, -0.2) is 9.37 Å². The first-order valence-electron chi connectivity index (χ1n) is 10.2. The first-order chi connectivity index (χ1) is 16.1. The van der Waals surface area contributed by atoms with Gasteiger partial charge < -0.3 is 0 Å². The third-order valence-corrected chi connectivity index (χ3v) is 5.61. The van der Waals surface area contributed by atoms with Gasteiger partial charge in [-0.05, 0) is 24.6 Å². The second-order valence-corrected chi connectivity index (χ2v) is 7.67. The predicted molar refractivity (Wildman–Crippen MR) is 113 cm³/mol. The number of aromatic nitrogens is 5. The molecule has 0 atom stereocenters. The average Bonchev–Trinajstić information content (AvgIpc) is 3.43. The maximum atomic E-state index is 15.3. The van der Waals surface area contributed by atoms with Crippen LogP contribution in [0.25, 0.3) is 39.1 Å². The summed E-state index contributed by atoms with van der Waals surface area (Å²) in [6.07, 6.45) is -1.11. The van der Waals surface area contributed by atoms with Crippen LogP contribution in [-0.4, -0.2) is 30.7 Å². The maximum Gasteiger partial charge on any atom is 0.458 e. The molecule has 0 amide bonds. The van der Waals surface area contributed by atoms with E-state index in [9.17, 15) is 22.0 Å². The summed E-state index contributed by atoms with van der Waals surface area (Å²) in [7, 11) is 0. The van der Waals surface area contributed by atoms with Gasteiger partial charge in [-0.1, -0.05) is 25.1 Å². The van der Waals surface area contributed by atoms with Crippen molar-refractivity contribution < 1.29 is 26.3 Å². The molecule has 3 aromatic heterocycles. The van der Waals surface area contributed by atoms with Gasteiger partial charge in [0.05, 0.1) is 40.4 Å². The molecule has 0 saturated heterocycles. The van der Waals surface area contributed by atoms with Crippen LogP contribution in [0.15, 0.2) is 55.0 Å². The summed E-state index contributed by atoms with van der Waals surface area (Å²) in [6.45, 7) is 1.84. The van der Waals surface area contributed by atoms with E-state index < -0.39 is 23.5 Å². The largest absolute Gasteiger partial charge is 0.458 e. The summed E-state index contributed by atoms with van der Waals surface area (Å²) in [5.41, 5.74) is 1.10. The number of rotatable bonds is 4. The van der Waals surface area contributed by atoms with Crippen LogP contribution in [0.1, 0.15) is 18.2 Å². The van der Waals surface area contributed by atoms with E-state index in [2.05, 4.69) is 20.2 Å². The fourth-order valence-electron chi connectivity index (χ4n) is 3.89. The van der Waals surface area contributed by atoms with Crippen molar-refractivity contribution in [1.82, 2.24) is 24.6 Å². The summed E-state index contributed by atoms with van der Waals surface area (Å²) in [5, 5.41) is 6.83. The molecule has 34 heavy (non-hydrogen) atoms. The summed E-state index contributed by atoms with van der Waals surface area (Å²) in [4.78, 5) is 8.67. The zero-order valence-corrected chi connectivity index (χ0v) is 17.5. The van der Waals surface area contributed by atoms with E-state index in [1.807, 2.05) is 6.92 Å². The minimum atomic E-state index is -5.74. The Hall–Kier alpha value is -3.89. The lowest BCUT2D eigenvalue weighted by molar-refractivity contribution is -0.289. The Morgan fingerprint density at radius 2 is 1.82 bits per heavy atom. The maximum absolute atomic E-state index is 15.3. The van der Waals surface area contributed by atoms with E-state index in [0.29, 0.717) is 35.0 Å². The van der Waals surface area contributed by atoms with Gasteiger partial charge in [-0.3, -0.25) is 14.5 Å². The van der Waals surface area contributed by atoms with Crippen molar-refractivity contribution in [2.24, 2.45) is 0 Å². The molecule has 0 saturated carbocycles. The van der Waals surface area contributed by atoms with Crippen molar-refractivity contribution in [2.75, 3.05) is 0 Å². The Balaban J connectivity index is 1.69. The van der Waals surface area contributed by atoms with Gasteiger partial charge in [0.25, 0.3) is 0 Å². The molecule has 174 valence electrons. The van der Waals surface area contributed by atoms with E-state index in [4.69, 9.17) is 0 Å². The number of aryl methyl sites for hydroxylation is 1. The van der Waals surface area contributed by atoms with Gasteiger partial charge in [0.15, 0.2) is 5.65 Å². The molecule has 0 aliphatic rings. The van der Waals surface area contributed by atoms with E-state index in [1.165, 1.54) is 24.7 Å². The molecule has 0 radical (unpaired) electrons. The van der Waals surface area contributed by atoms with Crippen molar-refractivity contribution in [2.45, 2.75) is 25.4 Å². The number of halogens is 6. The Labute approximate surface area is 188 Å². The Morgan fingerprint density at radius 3 is 2.56 bits per heavy atom. The van der Waals surface area contributed by atoms with Crippen LogP contribution in [-0.2, 0) is 12.3 Å². The molecule has 11 heteroatoms. The minimum absolute atomic E-state index is 0.0479. The van der Waals surface area contributed by atoms with Crippen LogP contribution in [0.4, 0.5) is 26.3 Å². The number of aromatic amines is 1. The number of hydrogen-bond donors (Lipinski definition) is 1. The highest BCUT2D eigenvalue weighted by Crippen LogP contribution is 2.44. The molecule has 5 rings (SSSR count). The number of hydrogen-bond acceptors (Lipinski definition) is 3. The lowest BCUT2D eigenvalue weighted by Crippen LogP contribution is -2.33. The van der Waals surface area contributed by atoms with E-state index in [-0.39, 0.29) is 22.2 Å². The lowest BCUT2D eigenvalue weighted by atomic mass is 10.0. The summed E-state index contributed by atoms with van der Waals surface area (Å²) in [5.74, 6) is -5.54. The van der Waals surface area contributed by atoms with E-state index in [1.54, 1.807) is 16.5 Å². The van der Waals surface area contributed by atoms with Crippen LogP contribution in [0.2, 0.25) is 0 Å². The molecule has 3 heterocycles. The Bertz CT molecular complexity index is 1530. The quantitative estimate of drug-likeness (QED) is 0.311. The second kappa shape index (κ2) is 7.57. The molecule has 0 spiro atoms. The van der Waals surface area contributed by atoms with Crippen molar-refractivity contribution in [1.29, 1.82) is 0 Å². The fraction of sp³-hybridized carbons (Fsp3) is 0.174. The van der Waals surface area contributed by atoms with E-state index >= 15 is 4.39 Å². The van der Waals surface area contributed by atoms with Gasteiger partial charge in [-0.2, -0.15) is 27.1 Å². The molecule has 2 aromatic carbocycles. The number of H-pyrrole nitrogens is 1. The minimum Gasteiger partial charge on any atom is -0.296 e. The normalized spacial score (nSPS) is 12.7. The zero-order chi connectivity index (χ0) is 24.3. The predicted octanol–water partition coefficient (Wildman–Crippen LogP) is 6.30. The van der Waals surface area contributed by atoms with Crippen LogP contribution >= 0.6 is 0 Å². The molecule has 0 bridgehead atoms. The fourth-order valence-corrected chi connectivity index (χ4v) is 3.89. The molecule has 0 unspecified atom stereocenters. The Kier molecular flexibility index (Phi) is 4.88. The third-order valence-electron chi connectivity index (χ3n) is 5.61. The number of nitrogens with one attached hydrogen (secondary N) is 1. The molecule has 5 aromatic rings. The molecule has 0 fully saturated rings. The molecule has 0 aliphatic heterocycles. The highest BCUT2D eigenvalue weighted by molar-refractivity contribution is 5.85. The van der Waals surface area contributed by atoms with Crippen molar-refractivity contribution in [3.63, 3.8) is 0 Å². The van der Waals surface area contributed by atoms with Gasteiger partial charge in [0.2, 0.25) is 0 Å². The summed E-state index contributed by atoms with van der Waals surface area (Å²) >= 11 is 0. The molecule has 5 nitrogen and oxygen atoms in total. The van der Waals surface area contributed by atoms with Crippen LogP contribution in [0.3, 0.4) is 0 Å². The molecular formula is C23H15F6N5. The van der Waals surface area contributed by atoms with Crippen LogP contribution in [0.5, 0.6) is 0 Å². The molecule has 1 N–H and O–H groups in total. The highest BCUT2D eigenvalue weighted by Gasteiger charge is 2.58. The van der Waals surface area contributed by atoms with E-state index in [0.717, 1.165) is 12.1 Å². The number of nitrogens with zero attached hydrogens (tertiary/aromatic N) is 4. The summed E-state index contributed by atoms with van der Waals surface area (Å²) < 4.78 is 83.2. The average molecular weight is 475 g/mol.